The third-order valence-corrected chi connectivity index (χ3v) is 3.32. The molecule has 0 aliphatic carbocycles. The first-order valence-electron chi connectivity index (χ1n) is 5.24. The number of carbonyl (C=O) groups excluding carboxylic acids is 1. The Labute approximate surface area is 107 Å². The van der Waals surface area contributed by atoms with E-state index in [0.717, 1.165) is 17.7 Å². The second kappa shape index (κ2) is 7.65. The summed E-state index contributed by atoms with van der Waals surface area (Å²) in [7, 11) is 0. The lowest BCUT2D eigenvalue weighted by Gasteiger charge is -2.15. The third-order valence-electron chi connectivity index (χ3n) is 2.27. The lowest BCUT2D eigenvalue weighted by Crippen LogP contribution is -2.41. The van der Waals surface area contributed by atoms with E-state index >= 15 is 0 Å². The summed E-state index contributed by atoms with van der Waals surface area (Å²) in [4.78, 5) is 12.8. The summed E-state index contributed by atoms with van der Waals surface area (Å²) >= 11 is 1.64. The average molecular weight is 263 g/mol. The standard InChI is InChI=1S/C11H18N2OS.ClH/c1-3-5-9(12)11(14)13-8(2)10-6-4-7-15-10;/h4,6-9H,3,5,12H2,1-2H3,(H,13,14);1H. The van der Waals surface area contributed by atoms with Crippen LogP contribution in [0.2, 0.25) is 0 Å². The van der Waals surface area contributed by atoms with Gasteiger partial charge in [0.1, 0.15) is 0 Å². The molecule has 92 valence electrons. The van der Waals surface area contributed by atoms with Gasteiger partial charge in [0.25, 0.3) is 0 Å². The Balaban J connectivity index is 0.00000225. The van der Waals surface area contributed by atoms with Crippen molar-refractivity contribution >= 4 is 29.7 Å². The van der Waals surface area contributed by atoms with Crippen molar-refractivity contribution in [1.82, 2.24) is 5.32 Å². The highest BCUT2D eigenvalue weighted by Crippen LogP contribution is 2.18. The zero-order valence-corrected chi connectivity index (χ0v) is 11.2. The maximum Gasteiger partial charge on any atom is 0.237 e. The van der Waals surface area contributed by atoms with E-state index in [1.54, 1.807) is 11.3 Å². The Morgan fingerprint density at radius 2 is 2.31 bits per heavy atom. The molecule has 0 spiro atoms. The van der Waals surface area contributed by atoms with Gasteiger partial charge in [-0.2, -0.15) is 0 Å². The molecule has 0 saturated carbocycles. The largest absolute Gasteiger partial charge is 0.347 e. The van der Waals surface area contributed by atoms with Crippen LogP contribution in [0.3, 0.4) is 0 Å². The van der Waals surface area contributed by atoms with Crippen LogP contribution < -0.4 is 11.1 Å². The van der Waals surface area contributed by atoms with Gasteiger partial charge in [0.05, 0.1) is 12.1 Å². The maximum atomic E-state index is 11.6. The van der Waals surface area contributed by atoms with Gasteiger partial charge in [-0.25, -0.2) is 0 Å². The van der Waals surface area contributed by atoms with E-state index in [1.807, 2.05) is 31.4 Å². The Bertz CT molecular complexity index is 303. The summed E-state index contributed by atoms with van der Waals surface area (Å²) in [6.07, 6.45) is 1.67. The van der Waals surface area contributed by atoms with Gasteiger partial charge in [-0.15, -0.1) is 23.7 Å². The summed E-state index contributed by atoms with van der Waals surface area (Å²) in [5.41, 5.74) is 5.72. The van der Waals surface area contributed by atoms with Gasteiger partial charge in [-0.3, -0.25) is 4.79 Å². The van der Waals surface area contributed by atoms with Gasteiger partial charge in [0.2, 0.25) is 5.91 Å². The molecule has 0 aliphatic rings. The monoisotopic (exact) mass is 262 g/mol. The van der Waals surface area contributed by atoms with Crippen LogP contribution in [0.25, 0.3) is 0 Å². The Kier molecular flexibility index (Phi) is 7.38. The lowest BCUT2D eigenvalue weighted by atomic mass is 10.1. The van der Waals surface area contributed by atoms with Gasteiger partial charge in [-0.1, -0.05) is 19.4 Å². The van der Waals surface area contributed by atoms with Gasteiger partial charge in [-0.05, 0) is 24.8 Å². The first kappa shape index (κ1) is 15.4. The molecule has 3 N–H and O–H groups in total. The number of thiophene rings is 1. The number of carbonyl (C=O) groups is 1. The topological polar surface area (TPSA) is 55.1 Å². The van der Waals surface area contributed by atoms with Crippen molar-refractivity contribution in [3.05, 3.63) is 22.4 Å². The number of hydrogen-bond donors (Lipinski definition) is 2. The number of nitrogens with two attached hydrogens (primary N) is 1. The number of hydrogen-bond acceptors (Lipinski definition) is 3. The van der Waals surface area contributed by atoms with E-state index in [-0.39, 0.29) is 30.4 Å². The average Bonchev–Trinajstić information content (AvgIpc) is 2.70. The van der Waals surface area contributed by atoms with Crippen LogP contribution >= 0.6 is 23.7 Å². The zero-order chi connectivity index (χ0) is 11.3. The molecule has 0 bridgehead atoms. The molecule has 1 aromatic heterocycles. The molecule has 1 amide bonds. The predicted octanol–water partition coefficient (Wildman–Crippen LogP) is 2.47. The van der Waals surface area contributed by atoms with Crippen LogP contribution in [-0.2, 0) is 4.79 Å². The molecule has 16 heavy (non-hydrogen) atoms. The first-order valence-corrected chi connectivity index (χ1v) is 6.12. The van der Waals surface area contributed by atoms with Crippen molar-refractivity contribution < 1.29 is 4.79 Å². The quantitative estimate of drug-likeness (QED) is 0.857. The van der Waals surface area contributed by atoms with Gasteiger partial charge >= 0.3 is 0 Å². The van der Waals surface area contributed by atoms with E-state index in [0.29, 0.717) is 0 Å². The molecule has 1 rings (SSSR count). The molecule has 0 fully saturated rings. The van der Waals surface area contributed by atoms with E-state index in [4.69, 9.17) is 5.73 Å². The normalized spacial score (nSPS) is 13.7. The summed E-state index contributed by atoms with van der Waals surface area (Å²) in [6, 6.07) is 3.67. The van der Waals surface area contributed by atoms with Crippen molar-refractivity contribution in [2.75, 3.05) is 0 Å². The van der Waals surface area contributed by atoms with E-state index < -0.39 is 0 Å². The Hall–Kier alpha value is -0.580. The molecular weight excluding hydrogens is 244 g/mol. The van der Waals surface area contributed by atoms with Crippen LogP contribution in [0, 0.1) is 0 Å². The van der Waals surface area contributed by atoms with E-state index in [2.05, 4.69) is 5.32 Å². The molecule has 0 aliphatic heterocycles. The van der Waals surface area contributed by atoms with E-state index in [9.17, 15) is 4.79 Å². The minimum atomic E-state index is -0.377. The van der Waals surface area contributed by atoms with E-state index in [1.165, 1.54) is 0 Å². The number of rotatable bonds is 5. The SMILES string of the molecule is CCCC(N)C(=O)NC(C)c1cccs1.Cl. The van der Waals surface area contributed by atoms with Crippen LogP contribution in [0.1, 0.15) is 37.6 Å². The first-order chi connectivity index (χ1) is 7.15. The summed E-state index contributed by atoms with van der Waals surface area (Å²) in [6.45, 7) is 4.00. The minimum absolute atomic E-state index is 0. The van der Waals surface area contributed by atoms with Crippen molar-refractivity contribution in [2.45, 2.75) is 38.8 Å². The number of halogens is 1. The Morgan fingerprint density at radius 3 is 2.81 bits per heavy atom. The van der Waals surface area contributed by atoms with Crippen molar-refractivity contribution in [3.63, 3.8) is 0 Å². The number of nitrogens with one attached hydrogen (secondary N) is 1. The number of amides is 1. The van der Waals surface area contributed by atoms with Crippen LogP contribution in [-0.4, -0.2) is 11.9 Å². The fraction of sp³-hybridized carbons (Fsp3) is 0.545. The van der Waals surface area contributed by atoms with Crippen LogP contribution in [0.15, 0.2) is 17.5 Å². The molecule has 2 atom stereocenters. The fourth-order valence-corrected chi connectivity index (χ4v) is 2.11. The van der Waals surface area contributed by atoms with Crippen LogP contribution in [0.4, 0.5) is 0 Å². The molecule has 3 nitrogen and oxygen atoms in total. The highest BCUT2D eigenvalue weighted by Gasteiger charge is 2.15. The van der Waals surface area contributed by atoms with Crippen molar-refractivity contribution in [3.8, 4) is 0 Å². The molecule has 1 heterocycles. The fourth-order valence-electron chi connectivity index (χ4n) is 1.37. The summed E-state index contributed by atoms with van der Waals surface area (Å²) in [5.74, 6) is -0.0576. The molecule has 0 saturated heterocycles. The Morgan fingerprint density at radius 1 is 1.62 bits per heavy atom. The smallest absolute Gasteiger partial charge is 0.237 e. The molecule has 0 radical (unpaired) electrons. The molecule has 0 aromatic carbocycles. The second-order valence-corrected chi connectivity index (χ2v) is 4.62. The predicted molar refractivity (Wildman–Crippen MR) is 71.0 cm³/mol. The van der Waals surface area contributed by atoms with Crippen LogP contribution in [0.5, 0.6) is 0 Å². The van der Waals surface area contributed by atoms with Gasteiger partial charge in [0, 0.05) is 4.88 Å². The highest BCUT2D eigenvalue weighted by molar-refractivity contribution is 7.10. The highest BCUT2D eigenvalue weighted by atomic mass is 35.5. The molecular formula is C11H19ClN2OS. The summed E-state index contributed by atoms with van der Waals surface area (Å²) < 4.78 is 0. The van der Waals surface area contributed by atoms with Crippen molar-refractivity contribution in [1.29, 1.82) is 0 Å². The second-order valence-electron chi connectivity index (χ2n) is 3.64. The lowest BCUT2D eigenvalue weighted by molar-refractivity contribution is -0.123. The third kappa shape index (κ3) is 4.51. The maximum absolute atomic E-state index is 11.6. The molecule has 5 heteroatoms. The molecule has 1 aromatic rings. The summed E-state index contributed by atoms with van der Waals surface area (Å²) in [5, 5.41) is 4.92. The van der Waals surface area contributed by atoms with Gasteiger partial charge in [0.15, 0.2) is 0 Å². The van der Waals surface area contributed by atoms with Crippen molar-refractivity contribution in [2.24, 2.45) is 5.73 Å². The minimum Gasteiger partial charge on any atom is -0.347 e. The van der Waals surface area contributed by atoms with Gasteiger partial charge < -0.3 is 11.1 Å². The molecule has 2 unspecified atom stereocenters. The zero-order valence-electron chi connectivity index (χ0n) is 9.60.